The van der Waals surface area contributed by atoms with E-state index >= 15 is 0 Å². The first-order valence-corrected chi connectivity index (χ1v) is 4.28. The normalized spacial score (nSPS) is 10.6. The predicted octanol–water partition coefficient (Wildman–Crippen LogP) is 1.43. The number of rotatable bonds is 3. The van der Waals surface area contributed by atoms with Crippen LogP contribution in [0.15, 0.2) is 24.3 Å². The summed E-state index contributed by atoms with van der Waals surface area (Å²) in [5, 5.41) is 19.0. The van der Waals surface area contributed by atoms with Crippen LogP contribution in [0, 0.1) is 21.4 Å². The summed E-state index contributed by atoms with van der Waals surface area (Å²) in [6.45, 7) is 0. The average Bonchev–Trinajstić information content (AvgIpc) is 2.28. The van der Waals surface area contributed by atoms with Crippen LogP contribution in [0.1, 0.15) is 5.56 Å². The summed E-state index contributed by atoms with van der Waals surface area (Å²) in [5.74, 6) is 0.262. The van der Waals surface area contributed by atoms with Crippen LogP contribution in [0.25, 0.3) is 5.70 Å². The quantitative estimate of drug-likeness (QED) is 0.470. The molecular weight excluding hydrogens is 210 g/mol. The zero-order valence-corrected chi connectivity index (χ0v) is 8.51. The molecule has 0 aliphatic heterocycles. The molecule has 6 heteroatoms. The van der Waals surface area contributed by atoms with Crippen molar-refractivity contribution in [1.82, 2.24) is 0 Å². The smallest absolute Gasteiger partial charge is 0.273 e. The summed E-state index contributed by atoms with van der Waals surface area (Å²) in [7, 11) is 1.38. The van der Waals surface area contributed by atoms with Gasteiger partial charge in [0.15, 0.2) is 0 Å². The number of hydrogen-bond acceptors (Lipinski definition) is 5. The minimum atomic E-state index is -0.531. The molecular formula is C10H9N3O3. The van der Waals surface area contributed by atoms with Crippen LogP contribution in [-0.4, -0.2) is 12.0 Å². The fraction of sp³-hybridized carbons (Fsp3) is 0.100. The Hall–Kier alpha value is -2.55. The molecule has 0 atom stereocenters. The zero-order valence-electron chi connectivity index (χ0n) is 8.51. The van der Waals surface area contributed by atoms with Gasteiger partial charge in [-0.1, -0.05) is 0 Å². The van der Waals surface area contributed by atoms with Crippen molar-refractivity contribution < 1.29 is 9.66 Å². The molecule has 0 aliphatic rings. The lowest BCUT2D eigenvalue weighted by atomic mass is 10.1. The molecule has 1 aromatic carbocycles. The van der Waals surface area contributed by atoms with Gasteiger partial charge < -0.3 is 10.5 Å². The molecule has 0 aliphatic carbocycles. The van der Waals surface area contributed by atoms with E-state index in [1.165, 1.54) is 25.3 Å². The van der Waals surface area contributed by atoms with Gasteiger partial charge in [0.05, 0.1) is 29.9 Å². The molecule has 2 N–H and O–H groups in total. The van der Waals surface area contributed by atoms with Gasteiger partial charge in [-0.05, 0) is 6.07 Å². The first-order chi connectivity index (χ1) is 7.60. The van der Waals surface area contributed by atoms with Gasteiger partial charge in [-0.3, -0.25) is 10.1 Å². The summed E-state index contributed by atoms with van der Waals surface area (Å²) in [5.41, 5.74) is 6.16. The summed E-state index contributed by atoms with van der Waals surface area (Å²) in [6, 6.07) is 5.78. The van der Waals surface area contributed by atoms with Crippen molar-refractivity contribution >= 4 is 11.4 Å². The molecule has 16 heavy (non-hydrogen) atoms. The van der Waals surface area contributed by atoms with Gasteiger partial charge in [-0.15, -0.1) is 0 Å². The van der Waals surface area contributed by atoms with Gasteiger partial charge in [0, 0.05) is 17.7 Å². The highest BCUT2D eigenvalue weighted by atomic mass is 16.6. The third kappa shape index (κ3) is 2.27. The predicted molar refractivity (Wildman–Crippen MR) is 57.4 cm³/mol. The number of nitrogens with zero attached hydrogens (tertiary/aromatic N) is 2. The Balaban J connectivity index is 3.28. The fourth-order valence-electron chi connectivity index (χ4n) is 1.18. The number of hydrogen-bond donors (Lipinski definition) is 1. The lowest BCUT2D eigenvalue weighted by Crippen LogP contribution is -2.00. The molecule has 1 rings (SSSR count). The Morgan fingerprint density at radius 1 is 1.69 bits per heavy atom. The standard InChI is InChI=1S/C10H9N3O3/c1-16-10-6-7(13(14)15)2-3-8(10)9(12)4-5-11/h2-4,6H,12H2,1H3/b9-4-. The van der Waals surface area contributed by atoms with E-state index in [0.717, 1.165) is 6.08 Å². The number of nitrogens with two attached hydrogens (primary N) is 1. The van der Waals surface area contributed by atoms with Gasteiger partial charge in [0.1, 0.15) is 5.75 Å². The number of ether oxygens (including phenoxy) is 1. The summed E-state index contributed by atoms with van der Waals surface area (Å²) >= 11 is 0. The molecule has 6 nitrogen and oxygen atoms in total. The van der Waals surface area contributed by atoms with Crippen LogP contribution < -0.4 is 10.5 Å². The number of methoxy groups -OCH3 is 1. The second-order valence-corrected chi connectivity index (χ2v) is 2.87. The van der Waals surface area contributed by atoms with E-state index in [0.29, 0.717) is 5.56 Å². The zero-order chi connectivity index (χ0) is 12.1. The molecule has 0 heterocycles. The molecule has 0 saturated heterocycles. The first-order valence-electron chi connectivity index (χ1n) is 4.28. The molecule has 0 unspecified atom stereocenters. The maximum Gasteiger partial charge on any atom is 0.273 e. The molecule has 0 aromatic heterocycles. The van der Waals surface area contributed by atoms with Gasteiger partial charge in [0.2, 0.25) is 0 Å². The monoisotopic (exact) mass is 219 g/mol. The highest BCUT2D eigenvalue weighted by molar-refractivity contribution is 5.71. The number of nitro benzene ring substituents is 1. The Morgan fingerprint density at radius 3 is 2.88 bits per heavy atom. The van der Waals surface area contributed by atoms with Gasteiger partial charge in [0.25, 0.3) is 5.69 Å². The van der Waals surface area contributed by atoms with Crippen LogP contribution in [0.3, 0.4) is 0 Å². The average molecular weight is 219 g/mol. The second kappa shape index (κ2) is 4.79. The van der Waals surface area contributed by atoms with E-state index in [1.807, 2.05) is 0 Å². The number of benzene rings is 1. The number of nitro groups is 1. The van der Waals surface area contributed by atoms with Crippen molar-refractivity contribution in [3.8, 4) is 11.8 Å². The maximum atomic E-state index is 10.5. The summed E-state index contributed by atoms with van der Waals surface area (Å²) in [6.07, 6.45) is 1.14. The SMILES string of the molecule is COc1cc([N+](=O)[O-])ccc1/C(N)=C/C#N. The Bertz CT molecular complexity index is 489. The molecule has 0 radical (unpaired) electrons. The lowest BCUT2D eigenvalue weighted by molar-refractivity contribution is -0.384. The van der Waals surface area contributed by atoms with Crippen molar-refractivity contribution in [2.75, 3.05) is 7.11 Å². The maximum absolute atomic E-state index is 10.5. The van der Waals surface area contributed by atoms with Crippen LogP contribution in [-0.2, 0) is 0 Å². The molecule has 0 spiro atoms. The minimum absolute atomic E-state index is 0.0923. The van der Waals surface area contributed by atoms with Crippen LogP contribution in [0.5, 0.6) is 5.75 Å². The van der Waals surface area contributed by atoms with Crippen molar-refractivity contribution in [2.45, 2.75) is 0 Å². The number of allylic oxidation sites excluding steroid dienone is 1. The number of non-ortho nitro benzene ring substituents is 1. The molecule has 0 amide bonds. The molecule has 0 fully saturated rings. The topological polar surface area (TPSA) is 102 Å². The van der Waals surface area contributed by atoms with Crippen LogP contribution in [0.4, 0.5) is 5.69 Å². The van der Waals surface area contributed by atoms with E-state index in [9.17, 15) is 10.1 Å². The summed E-state index contributed by atoms with van der Waals surface area (Å²) < 4.78 is 4.97. The molecule has 82 valence electrons. The van der Waals surface area contributed by atoms with E-state index in [1.54, 1.807) is 6.07 Å². The van der Waals surface area contributed by atoms with E-state index in [-0.39, 0.29) is 17.1 Å². The van der Waals surface area contributed by atoms with Gasteiger partial charge >= 0.3 is 0 Å². The Kier molecular flexibility index (Phi) is 3.45. The Morgan fingerprint density at radius 2 is 2.38 bits per heavy atom. The first kappa shape index (κ1) is 11.5. The fourth-order valence-corrected chi connectivity index (χ4v) is 1.18. The second-order valence-electron chi connectivity index (χ2n) is 2.87. The van der Waals surface area contributed by atoms with Crippen molar-refractivity contribution in [3.63, 3.8) is 0 Å². The van der Waals surface area contributed by atoms with Crippen molar-refractivity contribution in [3.05, 3.63) is 40.0 Å². The van der Waals surface area contributed by atoms with Gasteiger partial charge in [-0.2, -0.15) is 5.26 Å². The van der Waals surface area contributed by atoms with Crippen molar-refractivity contribution in [1.29, 1.82) is 5.26 Å². The lowest BCUT2D eigenvalue weighted by Gasteiger charge is -2.07. The highest BCUT2D eigenvalue weighted by Gasteiger charge is 2.12. The highest BCUT2D eigenvalue weighted by Crippen LogP contribution is 2.27. The molecule has 0 saturated carbocycles. The van der Waals surface area contributed by atoms with E-state index < -0.39 is 4.92 Å². The van der Waals surface area contributed by atoms with Gasteiger partial charge in [-0.25, -0.2) is 0 Å². The Labute approximate surface area is 91.7 Å². The van der Waals surface area contributed by atoms with Crippen LogP contribution >= 0.6 is 0 Å². The largest absolute Gasteiger partial charge is 0.496 e. The summed E-state index contributed by atoms with van der Waals surface area (Å²) in [4.78, 5) is 10.00. The van der Waals surface area contributed by atoms with Crippen LogP contribution in [0.2, 0.25) is 0 Å². The minimum Gasteiger partial charge on any atom is -0.496 e. The number of nitriles is 1. The van der Waals surface area contributed by atoms with Crippen molar-refractivity contribution in [2.24, 2.45) is 5.73 Å². The molecule has 1 aromatic rings. The van der Waals surface area contributed by atoms with E-state index in [2.05, 4.69) is 0 Å². The third-order valence-corrected chi connectivity index (χ3v) is 1.93. The third-order valence-electron chi connectivity index (χ3n) is 1.93. The molecule has 0 bridgehead atoms. The van der Waals surface area contributed by atoms with E-state index in [4.69, 9.17) is 15.7 Å².